The summed E-state index contributed by atoms with van der Waals surface area (Å²) in [6.07, 6.45) is 4.72. The van der Waals surface area contributed by atoms with Crippen molar-refractivity contribution in [3.05, 3.63) is 22.4 Å². The number of nitrogens with one attached hydrogen (secondary N) is 2. The minimum atomic E-state index is 0.563. The maximum Gasteiger partial charge on any atom is 0.191 e. The van der Waals surface area contributed by atoms with E-state index in [9.17, 15) is 0 Å². The zero-order valence-electron chi connectivity index (χ0n) is 14.0. The summed E-state index contributed by atoms with van der Waals surface area (Å²) in [5.41, 5.74) is 0. The molecule has 2 heterocycles. The van der Waals surface area contributed by atoms with E-state index < -0.39 is 0 Å². The Balaban J connectivity index is 1.76. The predicted molar refractivity (Wildman–Crippen MR) is 96.9 cm³/mol. The second-order valence-corrected chi connectivity index (χ2v) is 6.88. The molecule has 1 aliphatic rings. The van der Waals surface area contributed by atoms with Crippen LogP contribution in [0.15, 0.2) is 22.5 Å². The van der Waals surface area contributed by atoms with E-state index in [2.05, 4.69) is 46.9 Å². The number of likely N-dealkylation sites (tertiary alicyclic amines) is 1. The number of hydrogen-bond acceptors (Lipinski definition) is 3. The summed E-state index contributed by atoms with van der Waals surface area (Å²) in [5.74, 6) is 0.980. The van der Waals surface area contributed by atoms with Gasteiger partial charge in [0.25, 0.3) is 0 Å². The summed E-state index contributed by atoms with van der Waals surface area (Å²) >= 11 is 1.81. The van der Waals surface area contributed by atoms with Gasteiger partial charge in [0.05, 0.1) is 0 Å². The average Bonchev–Trinajstić information content (AvgIpc) is 3.03. The highest BCUT2D eigenvalue weighted by Gasteiger charge is 2.19. The molecule has 2 N–H and O–H groups in total. The fourth-order valence-electron chi connectivity index (χ4n) is 2.86. The number of aliphatic imine (C=N–C) groups is 1. The third-order valence-corrected chi connectivity index (χ3v) is 4.96. The molecule has 0 unspecified atom stereocenters. The van der Waals surface area contributed by atoms with Crippen LogP contribution in [0.5, 0.6) is 0 Å². The van der Waals surface area contributed by atoms with Gasteiger partial charge in [-0.1, -0.05) is 13.0 Å². The van der Waals surface area contributed by atoms with Gasteiger partial charge in [-0.15, -0.1) is 11.3 Å². The SMILES string of the molecule is CCCN1CCC(NC(=NCCc2cccs2)NCC)CC1. The van der Waals surface area contributed by atoms with E-state index in [0.29, 0.717) is 6.04 Å². The summed E-state index contributed by atoms with van der Waals surface area (Å²) < 4.78 is 0. The first-order chi connectivity index (χ1) is 10.8. The standard InChI is InChI=1S/C17H30N4S/c1-3-11-21-12-8-15(9-13-21)20-17(18-4-2)19-10-7-16-6-5-14-22-16/h5-6,14-15H,3-4,7-13H2,1-2H3,(H2,18,19,20). The van der Waals surface area contributed by atoms with Crippen LogP contribution in [0.4, 0.5) is 0 Å². The molecule has 1 saturated heterocycles. The lowest BCUT2D eigenvalue weighted by molar-refractivity contribution is 0.206. The molecule has 1 aliphatic heterocycles. The van der Waals surface area contributed by atoms with Gasteiger partial charge in [0.15, 0.2) is 5.96 Å². The van der Waals surface area contributed by atoms with Gasteiger partial charge in [0, 0.05) is 43.5 Å². The van der Waals surface area contributed by atoms with Crippen molar-refractivity contribution in [3.8, 4) is 0 Å². The molecule has 2 rings (SSSR count). The van der Waals surface area contributed by atoms with Crippen LogP contribution in [-0.2, 0) is 6.42 Å². The van der Waals surface area contributed by atoms with Gasteiger partial charge in [-0.05, 0) is 44.2 Å². The number of nitrogens with zero attached hydrogens (tertiary/aromatic N) is 2. The third kappa shape index (κ3) is 5.97. The lowest BCUT2D eigenvalue weighted by atomic mass is 10.1. The Kier molecular flexibility index (Phi) is 7.74. The molecule has 0 amide bonds. The van der Waals surface area contributed by atoms with Crippen LogP contribution in [0.1, 0.15) is 38.0 Å². The van der Waals surface area contributed by atoms with Crippen molar-refractivity contribution >= 4 is 17.3 Å². The Hall–Kier alpha value is -1.07. The molecule has 22 heavy (non-hydrogen) atoms. The quantitative estimate of drug-likeness (QED) is 0.599. The molecule has 0 atom stereocenters. The van der Waals surface area contributed by atoms with Crippen LogP contribution < -0.4 is 10.6 Å². The highest BCUT2D eigenvalue weighted by Crippen LogP contribution is 2.11. The van der Waals surface area contributed by atoms with Crippen LogP contribution >= 0.6 is 11.3 Å². The van der Waals surface area contributed by atoms with E-state index in [-0.39, 0.29) is 0 Å². The predicted octanol–water partition coefficient (Wildman–Crippen LogP) is 2.72. The van der Waals surface area contributed by atoms with E-state index in [1.54, 1.807) is 0 Å². The maximum absolute atomic E-state index is 4.73. The number of hydrogen-bond donors (Lipinski definition) is 2. The van der Waals surface area contributed by atoms with E-state index in [1.807, 2.05) is 11.3 Å². The monoisotopic (exact) mass is 322 g/mol. The normalized spacial score (nSPS) is 17.6. The van der Waals surface area contributed by atoms with Crippen LogP contribution in [0, 0.1) is 0 Å². The molecular formula is C17H30N4S. The highest BCUT2D eigenvalue weighted by molar-refractivity contribution is 7.09. The van der Waals surface area contributed by atoms with Crippen molar-refractivity contribution in [2.45, 2.75) is 45.6 Å². The van der Waals surface area contributed by atoms with E-state index in [1.165, 1.54) is 43.8 Å². The zero-order valence-corrected chi connectivity index (χ0v) is 14.8. The summed E-state index contributed by atoms with van der Waals surface area (Å²) in [6.45, 7) is 9.81. The molecule has 124 valence electrons. The summed E-state index contributed by atoms with van der Waals surface area (Å²) in [5, 5.41) is 9.12. The minimum absolute atomic E-state index is 0.563. The Morgan fingerprint density at radius 2 is 2.18 bits per heavy atom. The Morgan fingerprint density at radius 1 is 1.36 bits per heavy atom. The minimum Gasteiger partial charge on any atom is -0.357 e. The van der Waals surface area contributed by atoms with E-state index >= 15 is 0 Å². The van der Waals surface area contributed by atoms with Crippen LogP contribution in [0.25, 0.3) is 0 Å². The first-order valence-electron chi connectivity index (χ1n) is 8.61. The van der Waals surface area contributed by atoms with E-state index in [4.69, 9.17) is 4.99 Å². The third-order valence-electron chi connectivity index (χ3n) is 4.02. The number of rotatable bonds is 7. The fourth-order valence-corrected chi connectivity index (χ4v) is 3.56. The first-order valence-corrected chi connectivity index (χ1v) is 9.49. The lowest BCUT2D eigenvalue weighted by Gasteiger charge is -2.32. The topological polar surface area (TPSA) is 39.7 Å². The van der Waals surface area contributed by atoms with Crippen molar-refractivity contribution in [2.75, 3.05) is 32.7 Å². The highest BCUT2D eigenvalue weighted by atomic mass is 32.1. The van der Waals surface area contributed by atoms with Crippen molar-refractivity contribution in [3.63, 3.8) is 0 Å². The van der Waals surface area contributed by atoms with Gasteiger partial charge in [-0.3, -0.25) is 4.99 Å². The molecule has 4 nitrogen and oxygen atoms in total. The number of guanidine groups is 1. The number of thiophene rings is 1. The van der Waals surface area contributed by atoms with Crippen molar-refractivity contribution in [2.24, 2.45) is 4.99 Å². The largest absolute Gasteiger partial charge is 0.357 e. The van der Waals surface area contributed by atoms with Crippen LogP contribution in [-0.4, -0.2) is 49.6 Å². The van der Waals surface area contributed by atoms with E-state index in [0.717, 1.165) is 25.5 Å². The second kappa shape index (κ2) is 9.85. The maximum atomic E-state index is 4.73. The molecule has 0 saturated carbocycles. The summed E-state index contributed by atoms with van der Waals surface area (Å²) in [7, 11) is 0. The molecule has 1 fully saturated rings. The number of piperidine rings is 1. The molecule has 0 aromatic carbocycles. The first kappa shape index (κ1) is 17.3. The summed E-state index contributed by atoms with van der Waals surface area (Å²) in [4.78, 5) is 8.70. The average molecular weight is 323 g/mol. The molecule has 5 heteroatoms. The van der Waals surface area contributed by atoms with Gasteiger partial charge >= 0.3 is 0 Å². The molecule has 0 radical (unpaired) electrons. The van der Waals surface area contributed by atoms with Gasteiger partial charge in [0.1, 0.15) is 0 Å². The molecule has 1 aromatic rings. The van der Waals surface area contributed by atoms with Gasteiger partial charge < -0.3 is 15.5 Å². The second-order valence-electron chi connectivity index (χ2n) is 5.85. The smallest absolute Gasteiger partial charge is 0.191 e. The van der Waals surface area contributed by atoms with Crippen LogP contribution in [0.2, 0.25) is 0 Å². The summed E-state index contributed by atoms with van der Waals surface area (Å²) in [6, 6.07) is 4.86. The molecule has 0 spiro atoms. The Morgan fingerprint density at radius 3 is 2.82 bits per heavy atom. The molecule has 0 aliphatic carbocycles. The van der Waals surface area contributed by atoms with Gasteiger partial charge in [0.2, 0.25) is 0 Å². The van der Waals surface area contributed by atoms with Crippen molar-refractivity contribution in [1.82, 2.24) is 15.5 Å². The van der Waals surface area contributed by atoms with Crippen molar-refractivity contribution < 1.29 is 0 Å². The zero-order chi connectivity index (χ0) is 15.6. The lowest BCUT2D eigenvalue weighted by Crippen LogP contribution is -2.48. The molecular weight excluding hydrogens is 292 g/mol. The Labute approximate surface area is 139 Å². The van der Waals surface area contributed by atoms with Gasteiger partial charge in [-0.2, -0.15) is 0 Å². The van der Waals surface area contributed by atoms with Crippen molar-refractivity contribution in [1.29, 1.82) is 0 Å². The molecule has 1 aromatic heterocycles. The molecule has 0 bridgehead atoms. The van der Waals surface area contributed by atoms with Gasteiger partial charge in [-0.25, -0.2) is 0 Å². The van der Waals surface area contributed by atoms with Crippen LogP contribution in [0.3, 0.4) is 0 Å². The Bertz CT molecular complexity index is 422. The fraction of sp³-hybridized carbons (Fsp3) is 0.706.